The Bertz CT molecular complexity index is 364. The molecule has 0 aromatic carbocycles. The van der Waals surface area contributed by atoms with Gasteiger partial charge in [-0.15, -0.1) is 24.8 Å². The van der Waals surface area contributed by atoms with Gasteiger partial charge < -0.3 is 5.32 Å². The summed E-state index contributed by atoms with van der Waals surface area (Å²) in [6.07, 6.45) is 11.3. The Labute approximate surface area is 115 Å². The third-order valence-corrected chi connectivity index (χ3v) is 3.41. The zero-order valence-corrected chi connectivity index (χ0v) is 11.3. The molecule has 2 saturated heterocycles. The van der Waals surface area contributed by atoms with Gasteiger partial charge in [-0.3, -0.25) is 4.98 Å². The van der Waals surface area contributed by atoms with Gasteiger partial charge in [0.15, 0.2) is 0 Å². The number of piperidine rings is 1. The van der Waals surface area contributed by atoms with Crippen LogP contribution in [0.1, 0.15) is 31.2 Å². The lowest BCUT2D eigenvalue weighted by Gasteiger charge is -2.23. The minimum absolute atomic E-state index is 0. The van der Waals surface area contributed by atoms with Crippen molar-refractivity contribution in [1.82, 2.24) is 10.3 Å². The first-order valence-corrected chi connectivity index (χ1v) is 5.76. The molecular weight excluding hydrogens is 255 g/mol. The standard InChI is InChI=1S/C13H16N2.2ClH/c1-2-10(9-14-5-1)6-11-7-12-3-4-13(8-11)15-12;;/h1-2,5-6,9,12-13,15H,3-4,7-8H2;2*1H. The van der Waals surface area contributed by atoms with Gasteiger partial charge in [-0.25, -0.2) is 0 Å². The van der Waals surface area contributed by atoms with Gasteiger partial charge in [0.1, 0.15) is 0 Å². The van der Waals surface area contributed by atoms with Crippen LogP contribution in [-0.4, -0.2) is 17.1 Å². The molecule has 2 nitrogen and oxygen atoms in total. The summed E-state index contributed by atoms with van der Waals surface area (Å²) in [6.45, 7) is 0. The maximum atomic E-state index is 4.14. The first kappa shape index (κ1) is 14.5. The van der Waals surface area contributed by atoms with Crippen LogP contribution in [0.15, 0.2) is 30.1 Å². The van der Waals surface area contributed by atoms with E-state index in [9.17, 15) is 0 Å². The lowest BCUT2D eigenvalue weighted by molar-refractivity contribution is 0.476. The fourth-order valence-corrected chi connectivity index (χ4v) is 2.76. The van der Waals surface area contributed by atoms with E-state index in [-0.39, 0.29) is 24.8 Å². The first-order valence-electron chi connectivity index (χ1n) is 5.76. The van der Waals surface area contributed by atoms with Crippen molar-refractivity contribution in [2.24, 2.45) is 0 Å². The molecule has 3 rings (SSSR count). The van der Waals surface area contributed by atoms with E-state index in [0.717, 1.165) is 12.1 Å². The average Bonchev–Trinajstić information content (AvgIpc) is 2.60. The Balaban J connectivity index is 0.000000722. The third kappa shape index (κ3) is 3.44. The summed E-state index contributed by atoms with van der Waals surface area (Å²) in [5, 5.41) is 3.65. The van der Waals surface area contributed by atoms with Crippen LogP contribution in [0, 0.1) is 0 Å². The molecule has 1 N–H and O–H groups in total. The van der Waals surface area contributed by atoms with Gasteiger partial charge in [0.2, 0.25) is 0 Å². The Morgan fingerprint density at radius 1 is 1.18 bits per heavy atom. The number of hydrogen-bond donors (Lipinski definition) is 1. The number of nitrogens with one attached hydrogen (secondary N) is 1. The first-order chi connectivity index (χ1) is 7.40. The quantitative estimate of drug-likeness (QED) is 0.849. The summed E-state index contributed by atoms with van der Waals surface area (Å²) >= 11 is 0. The van der Waals surface area contributed by atoms with Crippen LogP contribution >= 0.6 is 24.8 Å². The summed E-state index contributed by atoms with van der Waals surface area (Å²) in [7, 11) is 0. The second-order valence-electron chi connectivity index (χ2n) is 4.64. The van der Waals surface area contributed by atoms with Crippen LogP contribution in [-0.2, 0) is 0 Å². The highest BCUT2D eigenvalue weighted by atomic mass is 35.5. The molecule has 2 unspecified atom stereocenters. The van der Waals surface area contributed by atoms with Crippen molar-refractivity contribution in [3.8, 4) is 0 Å². The fourth-order valence-electron chi connectivity index (χ4n) is 2.76. The van der Waals surface area contributed by atoms with Gasteiger partial charge in [-0.1, -0.05) is 17.7 Å². The van der Waals surface area contributed by atoms with Crippen LogP contribution in [0.2, 0.25) is 0 Å². The van der Waals surface area contributed by atoms with Crippen LogP contribution in [0.3, 0.4) is 0 Å². The second kappa shape index (κ2) is 6.39. The molecule has 0 radical (unpaired) electrons. The van der Waals surface area contributed by atoms with E-state index >= 15 is 0 Å². The van der Waals surface area contributed by atoms with Crippen molar-refractivity contribution in [1.29, 1.82) is 0 Å². The average molecular weight is 273 g/mol. The van der Waals surface area contributed by atoms with E-state index in [2.05, 4.69) is 22.4 Å². The Morgan fingerprint density at radius 2 is 1.88 bits per heavy atom. The monoisotopic (exact) mass is 272 g/mol. The number of halogens is 2. The second-order valence-corrected chi connectivity index (χ2v) is 4.64. The van der Waals surface area contributed by atoms with Crippen molar-refractivity contribution in [2.45, 2.75) is 37.8 Å². The maximum Gasteiger partial charge on any atom is 0.0340 e. The topological polar surface area (TPSA) is 24.9 Å². The number of nitrogens with zero attached hydrogens (tertiary/aromatic N) is 1. The molecule has 0 spiro atoms. The highest BCUT2D eigenvalue weighted by Crippen LogP contribution is 2.31. The molecule has 1 aromatic rings. The molecule has 4 heteroatoms. The molecule has 0 aliphatic carbocycles. The summed E-state index contributed by atoms with van der Waals surface area (Å²) in [5.41, 5.74) is 2.84. The highest BCUT2D eigenvalue weighted by Gasteiger charge is 2.29. The molecular formula is C13H18Cl2N2. The summed E-state index contributed by atoms with van der Waals surface area (Å²) in [5.74, 6) is 0. The smallest absolute Gasteiger partial charge is 0.0340 e. The zero-order valence-electron chi connectivity index (χ0n) is 9.63. The lowest BCUT2D eigenvalue weighted by atomic mass is 9.97. The molecule has 0 amide bonds. The SMILES string of the molecule is C(=C1CC2CCC(C1)N2)c1cccnc1.Cl.Cl. The number of pyridine rings is 1. The largest absolute Gasteiger partial charge is 0.311 e. The molecule has 17 heavy (non-hydrogen) atoms. The van der Waals surface area contributed by atoms with Gasteiger partial charge >= 0.3 is 0 Å². The van der Waals surface area contributed by atoms with Crippen molar-refractivity contribution < 1.29 is 0 Å². The van der Waals surface area contributed by atoms with Crippen LogP contribution in [0.4, 0.5) is 0 Å². The van der Waals surface area contributed by atoms with E-state index in [1.165, 1.54) is 31.2 Å². The van der Waals surface area contributed by atoms with E-state index in [4.69, 9.17) is 0 Å². The van der Waals surface area contributed by atoms with E-state index in [1.807, 2.05) is 18.5 Å². The third-order valence-electron chi connectivity index (χ3n) is 3.41. The van der Waals surface area contributed by atoms with Crippen LogP contribution in [0.25, 0.3) is 6.08 Å². The van der Waals surface area contributed by atoms with Crippen LogP contribution in [0.5, 0.6) is 0 Å². The lowest BCUT2D eigenvalue weighted by Crippen LogP contribution is -2.34. The van der Waals surface area contributed by atoms with Gasteiger partial charge in [-0.2, -0.15) is 0 Å². The molecule has 94 valence electrons. The summed E-state index contributed by atoms with van der Waals surface area (Å²) in [4.78, 5) is 4.14. The van der Waals surface area contributed by atoms with E-state index < -0.39 is 0 Å². The van der Waals surface area contributed by atoms with Gasteiger partial charge in [0, 0.05) is 24.5 Å². The summed E-state index contributed by atoms with van der Waals surface area (Å²) < 4.78 is 0. The van der Waals surface area contributed by atoms with Crippen molar-refractivity contribution in [3.63, 3.8) is 0 Å². The van der Waals surface area contributed by atoms with Gasteiger partial charge in [-0.05, 0) is 37.3 Å². The molecule has 0 saturated carbocycles. The molecule has 2 bridgehead atoms. The van der Waals surface area contributed by atoms with Gasteiger partial charge in [0.05, 0.1) is 0 Å². The van der Waals surface area contributed by atoms with Crippen LogP contribution < -0.4 is 5.32 Å². The van der Waals surface area contributed by atoms with Crippen molar-refractivity contribution >= 4 is 30.9 Å². The van der Waals surface area contributed by atoms with E-state index in [1.54, 1.807) is 5.57 Å². The Morgan fingerprint density at radius 3 is 2.47 bits per heavy atom. The number of fused-ring (bicyclic) bond motifs is 2. The predicted octanol–water partition coefficient (Wildman–Crippen LogP) is 3.22. The zero-order chi connectivity index (χ0) is 10.1. The fraction of sp³-hybridized carbons (Fsp3) is 0.462. The molecule has 2 fully saturated rings. The normalized spacial score (nSPS) is 25.8. The molecule has 3 heterocycles. The Hall–Kier alpha value is -0.570. The van der Waals surface area contributed by atoms with Crippen molar-refractivity contribution in [3.05, 3.63) is 35.7 Å². The predicted molar refractivity (Wildman–Crippen MR) is 75.9 cm³/mol. The number of aromatic nitrogens is 1. The maximum absolute atomic E-state index is 4.14. The molecule has 2 aliphatic heterocycles. The Kier molecular flexibility index (Phi) is 5.44. The molecule has 2 aliphatic rings. The van der Waals surface area contributed by atoms with Crippen molar-refractivity contribution in [2.75, 3.05) is 0 Å². The summed E-state index contributed by atoms with van der Waals surface area (Å²) in [6, 6.07) is 5.62. The molecule has 2 atom stereocenters. The number of hydrogen-bond acceptors (Lipinski definition) is 2. The molecule has 1 aromatic heterocycles. The highest BCUT2D eigenvalue weighted by molar-refractivity contribution is 5.85. The minimum Gasteiger partial charge on any atom is -0.311 e. The number of rotatable bonds is 1. The van der Waals surface area contributed by atoms with E-state index in [0.29, 0.717) is 0 Å². The van der Waals surface area contributed by atoms with Gasteiger partial charge in [0.25, 0.3) is 0 Å². The minimum atomic E-state index is 0.